The highest BCUT2D eigenvalue weighted by atomic mass is 32.1. The number of aliphatic carboxylic acids is 1. The number of amides is 3. The third-order valence-electron chi connectivity index (χ3n) is 5.49. The van der Waals surface area contributed by atoms with Gasteiger partial charge in [-0.2, -0.15) is 0 Å². The second-order valence-electron chi connectivity index (χ2n) is 7.81. The van der Waals surface area contributed by atoms with Crippen molar-refractivity contribution in [1.29, 1.82) is 0 Å². The second-order valence-corrected chi connectivity index (χ2v) is 8.65. The predicted octanol–water partition coefficient (Wildman–Crippen LogP) is 0.452. The van der Waals surface area contributed by atoms with Gasteiger partial charge >= 0.3 is 12.1 Å². The molecule has 196 valence electrons. The van der Waals surface area contributed by atoms with Crippen molar-refractivity contribution in [3.63, 3.8) is 0 Å². The summed E-state index contributed by atoms with van der Waals surface area (Å²) in [5, 5.41) is 29.2. The zero-order valence-electron chi connectivity index (χ0n) is 19.9. The lowest BCUT2D eigenvalue weighted by atomic mass is 9.98. The standard InChI is InChI=1S/C22H24N6O8S/c1-5-7-27(22(34)35)21-24-15(10-37-21)16(25-36-4)18(30)23-14-9-26-8-13(11(3)29)17(28(26)19(14)31)12(6-2)20(32)33/h5-6,10,12,14H,1-2,7-9H2,3-4H3,(H,23,30)(H,32,33)(H,34,35)/b25-16-/t12?,14-/m0/s1. The van der Waals surface area contributed by atoms with E-state index in [4.69, 9.17) is 4.84 Å². The average molecular weight is 533 g/mol. The van der Waals surface area contributed by atoms with Gasteiger partial charge in [0.15, 0.2) is 16.6 Å². The van der Waals surface area contributed by atoms with Crippen molar-refractivity contribution in [2.75, 3.05) is 31.6 Å². The first-order valence-corrected chi connectivity index (χ1v) is 11.6. The molecule has 0 saturated carbocycles. The van der Waals surface area contributed by atoms with Gasteiger partial charge in [0.2, 0.25) is 0 Å². The summed E-state index contributed by atoms with van der Waals surface area (Å²) >= 11 is 0.949. The van der Waals surface area contributed by atoms with Crippen molar-refractivity contribution >= 4 is 51.8 Å². The fraction of sp³-hybridized carbons (Fsp3) is 0.318. The molecule has 3 amide bonds. The number of carbonyl (C=O) groups is 5. The molecule has 0 radical (unpaired) electrons. The van der Waals surface area contributed by atoms with Crippen molar-refractivity contribution in [1.82, 2.24) is 20.3 Å². The van der Waals surface area contributed by atoms with Gasteiger partial charge in [0.05, 0.1) is 5.70 Å². The fourth-order valence-corrected chi connectivity index (χ4v) is 4.70. The number of rotatable bonds is 11. The van der Waals surface area contributed by atoms with E-state index in [1.54, 1.807) is 0 Å². The number of hydrazine groups is 1. The van der Waals surface area contributed by atoms with Gasteiger partial charge in [0.25, 0.3) is 11.8 Å². The normalized spacial score (nSPS) is 18.3. The van der Waals surface area contributed by atoms with E-state index in [-0.39, 0.29) is 53.2 Å². The van der Waals surface area contributed by atoms with Crippen LogP contribution in [0.5, 0.6) is 0 Å². The highest BCUT2D eigenvalue weighted by Crippen LogP contribution is 2.35. The molecule has 1 saturated heterocycles. The lowest BCUT2D eigenvalue weighted by Gasteiger charge is -2.24. The third-order valence-corrected chi connectivity index (χ3v) is 6.36. The third kappa shape index (κ3) is 5.26. The molecule has 15 heteroatoms. The van der Waals surface area contributed by atoms with Gasteiger partial charge in [-0.15, -0.1) is 24.5 Å². The molecule has 1 unspecified atom stereocenters. The van der Waals surface area contributed by atoms with E-state index >= 15 is 0 Å². The van der Waals surface area contributed by atoms with E-state index in [1.807, 2.05) is 0 Å². The molecule has 2 aliphatic rings. The van der Waals surface area contributed by atoms with E-state index in [1.165, 1.54) is 30.5 Å². The van der Waals surface area contributed by atoms with Gasteiger partial charge in [-0.3, -0.25) is 19.2 Å². The molecule has 37 heavy (non-hydrogen) atoms. The van der Waals surface area contributed by atoms with Crippen LogP contribution in [0.15, 0.2) is 47.1 Å². The Labute approximate surface area is 214 Å². The molecule has 1 fully saturated rings. The van der Waals surface area contributed by atoms with Crippen LogP contribution in [0.1, 0.15) is 12.6 Å². The molecular weight excluding hydrogens is 508 g/mol. The van der Waals surface area contributed by atoms with Gasteiger partial charge < -0.3 is 20.4 Å². The van der Waals surface area contributed by atoms with Gasteiger partial charge in [-0.05, 0) is 6.92 Å². The summed E-state index contributed by atoms with van der Waals surface area (Å²) in [6, 6.07) is -1.10. The molecule has 0 aromatic carbocycles. The molecular formula is C22H24N6O8S. The predicted molar refractivity (Wildman–Crippen MR) is 131 cm³/mol. The lowest BCUT2D eigenvalue weighted by Crippen LogP contribution is -2.46. The molecule has 14 nitrogen and oxygen atoms in total. The number of hydrogen-bond acceptors (Lipinski definition) is 10. The van der Waals surface area contributed by atoms with E-state index in [0.29, 0.717) is 0 Å². The molecule has 3 N–H and O–H groups in total. The Bertz CT molecular complexity index is 1240. The van der Waals surface area contributed by atoms with Crippen molar-refractivity contribution in [3.05, 3.63) is 47.7 Å². The number of thiazole rings is 1. The van der Waals surface area contributed by atoms with Crippen LogP contribution >= 0.6 is 11.3 Å². The van der Waals surface area contributed by atoms with Crippen LogP contribution in [-0.4, -0.2) is 93.4 Å². The Morgan fingerprint density at radius 2 is 2.08 bits per heavy atom. The Hall–Kier alpha value is -4.37. The number of ketones is 1. The van der Waals surface area contributed by atoms with E-state index < -0.39 is 35.8 Å². The fourth-order valence-electron chi connectivity index (χ4n) is 3.89. The van der Waals surface area contributed by atoms with Crippen LogP contribution in [0.3, 0.4) is 0 Å². The maximum Gasteiger partial charge on any atom is 0.413 e. The van der Waals surface area contributed by atoms with E-state index in [2.05, 4.69) is 28.6 Å². The maximum atomic E-state index is 13.2. The monoisotopic (exact) mass is 532 g/mol. The molecule has 1 aromatic rings. The number of nitrogens with zero attached hydrogens (tertiary/aromatic N) is 5. The van der Waals surface area contributed by atoms with Crippen LogP contribution in [0.4, 0.5) is 9.93 Å². The molecule has 3 heterocycles. The number of aromatic nitrogens is 1. The Morgan fingerprint density at radius 3 is 2.62 bits per heavy atom. The molecule has 0 spiro atoms. The highest BCUT2D eigenvalue weighted by molar-refractivity contribution is 7.14. The molecule has 0 bridgehead atoms. The number of anilines is 1. The summed E-state index contributed by atoms with van der Waals surface area (Å²) in [4.78, 5) is 71.5. The number of carbonyl (C=O) groups excluding carboxylic acids is 3. The number of hydrogen-bond donors (Lipinski definition) is 3. The number of carboxylic acids is 1. The Balaban J connectivity index is 1.85. The Kier molecular flexibility index (Phi) is 8.19. The summed E-state index contributed by atoms with van der Waals surface area (Å²) in [6.45, 7) is 8.21. The zero-order chi connectivity index (χ0) is 27.4. The van der Waals surface area contributed by atoms with Gasteiger partial charge in [0.1, 0.15) is 24.8 Å². The molecule has 1 aromatic heterocycles. The number of fused-ring (bicyclic) bond motifs is 1. The molecule has 3 rings (SSSR count). The van der Waals surface area contributed by atoms with Crippen LogP contribution in [0.2, 0.25) is 0 Å². The number of nitrogens with one attached hydrogen (secondary N) is 1. The van der Waals surface area contributed by atoms with Crippen molar-refractivity contribution in [2.45, 2.75) is 13.0 Å². The largest absolute Gasteiger partial charge is 0.481 e. The molecule has 0 aliphatic carbocycles. The minimum absolute atomic E-state index is 0.0107. The quantitative estimate of drug-likeness (QED) is 0.206. The second kappa shape index (κ2) is 11.1. The van der Waals surface area contributed by atoms with Crippen LogP contribution < -0.4 is 10.2 Å². The topological polar surface area (TPSA) is 182 Å². The van der Waals surface area contributed by atoms with Crippen LogP contribution in [0.25, 0.3) is 0 Å². The number of Topliss-reactive ketones (excluding diaryl/α,β-unsaturated/α-hetero) is 1. The lowest BCUT2D eigenvalue weighted by molar-refractivity contribution is -0.141. The first-order chi connectivity index (χ1) is 17.5. The van der Waals surface area contributed by atoms with Gasteiger partial charge in [-0.1, -0.05) is 17.3 Å². The summed E-state index contributed by atoms with van der Waals surface area (Å²) in [5.41, 5.74) is -0.135. The van der Waals surface area contributed by atoms with Crippen LogP contribution in [0, 0.1) is 5.92 Å². The zero-order valence-corrected chi connectivity index (χ0v) is 20.7. The number of carboxylic acid groups (broad SMARTS) is 2. The van der Waals surface area contributed by atoms with Gasteiger partial charge in [0, 0.05) is 30.6 Å². The maximum absolute atomic E-state index is 13.2. The summed E-state index contributed by atoms with van der Waals surface area (Å²) < 4.78 is 0. The first kappa shape index (κ1) is 27.2. The first-order valence-electron chi connectivity index (χ1n) is 10.7. The summed E-state index contributed by atoms with van der Waals surface area (Å²) in [6.07, 6.45) is 1.23. The van der Waals surface area contributed by atoms with Crippen molar-refractivity contribution in [3.8, 4) is 0 Å². The van der Waals surface area contributed by atoms with Gasteiger partial charge in [-0.25, -0.2) is 24.7 Å². The molecule has 2 atom stereocenters. The van der Waals surface area contributed by atoms with Crippen molar-refractivity contribution < 1.29 is 39.0 Å². The van der Waals surface area contributed by atoms with E-state index in [9.17, 15) is 34.2 Å². The van der Waals surface area contributed by atoms with E-state index in [0.717, 1.165) is 27.3 Å². The summed E-state index contributed by atoms with van der Waals surface area (Å²) in [7, 11) is 1.20. The van der Waals surface area contributed by atoms with Crippen LogP contribution in [-0.2, 0) is 24.0 Å². The SMILES string of the molecule is C=CCN(C(=O)O)c1nc(/C(=N/OC)C(=O)N[C@H]2CN3CC(C(C)=O)=C(C(C=C)C(=O)O)N3C2=O)cs1. The summed E-state index contributed by atoms with van der Waals surface area (Å²) in [5.74, 6) is -4.46. The smallest absolute Gasteiger partial charge is 0.413 e. The average Bonchev–Trinajstić information content (AvgIpc) is 3.52. The van der Waals surface area contributed by atoms with Crippen molar-refractivity contribution in [2.24, 2.45) is 11.1 Å². The molecule has 2 aliphatic heterocycles. The minimum atomic E-state index is -1.31. The minimum Gasteiger partial charge on any atom is -0.481 e. The number of oxime groups is 1. The highest BCUT2D eigenvalue weighted by Gasteiger charge is 2.49. The Morgan fingerprint density at radius 1 is 1.38 bits per heavy atom.